The normalized spacial score (nSPS) is 21.9. The molecule has 4 heterocycles. The number of carbonyl (C=O) groups excluding carboxylic acids is 1. The molecule has 3 fully saturated rings. The van der Waals surface area contributed by atoms with E-state index in [0.29, 0.717) is 0 Å². The molecule has 1 amide bonds. The second-order valence-corrected chi connectivity index (χ2v) is 8.39. The number of hydrogen-bond acceptors (Lipinski definition) is 6. The Morgan fingerprint density at radius 3 is 2.21 bits per heavy atom. The Labute approximate surface area is 168 Å². The van der Waals surface area contributed by atoms with E-state index in [1.54, 1.807) is 0 Å². The van der Waals surface area contributed by atoms with E-state index in [-0.39, 0.29) is 11.8 Å². The SMILES string of the molecule is O=C(NCCN1CCCCC1)C1CCN(c2cnc(N3CCCC3)nc2)CC1. The number of rotatable bonds is 6. The summed E-state index contributed by atoms with van der Waals surface area (Å²) >= 11 is 0. The maximum atomic E-state index is 12.5. The number of nitrogens with zero attached hydrogens (tertiary/aromatic N) is 5. The number of likely N-dealkylation sites (tertiary alicyclic amines) is 1. The van der Waals surface area contributed by atoms with Crippen molar-refractivity contribution in [3.8, 4) is 0 Å². The molecule has 7 nitrogen and oxygen atoms in total. The van der Waals surface area contributed by atoms with Crippen LogP contribution in [0.15, 0.2) is 12.4 Å². The Hall–Kier alpha value is -1.89. The van der Waals surface area contributed by atoms with Gasteiger partial charge in [0.25, 0.3) is 0 Å². The van der Waals surface area contributed by atoms with Gasteiger partial charge in [-0.1, -0.05) is 6.42 Å². The van der Waals surface area contributed by atoms with Crippen molar-refractivity contribution < 1.29 is 4.79 Å². The summed E-state index contributed by atoms with van der Waals surface area (Å²) < 4.78 is 0. The lowest BCUT2D eigenvalue weighted by atomic mass is 9.95. The second kappa shape index (κ2) is 9.54. The van der Waals surface area contributed by atoms with Crippen molar-refractivity contribution in [3.05, 3.63) is 12.4 Å². The molecule has 0 spiro atoms. The van der Waals surface area contributed by atoms with E-state index in [9.17, 15) is 4.79 Å². The third-order valence-electron chi connectivity index (χ3n) is 6.42. The number of aromatic nitrogens is 2. The minimum Gasteiger partial charge on any atom is -0.369 e. The highest BCUT2D eigenvalue weighted by Gasteiger charge is 2.25. The van der Waals surface area contributed by atoms with E-state index in [4.69, 9.17) is 0 Å². The molecule has 1 aromatic rings. The van der Waals surface area contributed by atoms with Gasteiger partial charge in [0, 0.05) is 45.2 Å². The Kier molecular flexibility index (Phi) is 6.62. The Morgan fingerprint density at radius 2 is 1.54 bits per heavy atom. The van der Waals surface area contributed by atoms with Crippen LogP contribution in [-0.2, 0) is 4.79 Å². The maximum Gasteiger partial charge on any atom is 0.225 e. The van der Waals surface area contributed by atoms with Gasteiger partial charge in [-0.3, -0.25) is 4.79 Å². The molecule has 0 radical (unpaired) electrons. The molecule has 0 bridgehead atoms. The highest BCUT2D eigenvalue weighted by molar-refractivity contribution is 5.79. The summed E-state index contributed by atoms with van der Waals surface area (Å²) in [6, 6.07) is 0. The molecule has 3 saturated heterocycles. The fourth-order valence-corrected chi connectivity index (χ4v) is 4.62. The van der Waals surface area contributed by atoms with Gasteiger partial charge in [-0.2, -0.15) is 0 Å². The van der Waals surface area contributed by atoms with Crippen molar-refractivity contribution in [1.29, 1.82) is 0 Å². The third kappa shape index (κ3) is 4.93. The number of carbonyl (C=O) groups is 1. The van der Waals surface area contributed by atoms with E-state index in [1.807, 2.05) is 12.4 Å². The molecule has 0 unspecified atom stereocenters. The van der Waals surface area contributed by atoms with Crippen LogP contribution in [-0.4, -0.2) is 73.1 Å². The van der Waals surface area contributed by atoms with Gasteiger partial charge in [-0.15, -0.1) is 0 Å². The van der Waals surface area contributed by atoms with Gasteiger partial charge >= 0.3 is 0 Å². The lowest BCUT2D eigenvalue weighted by Gasteiger charge is -2.33. The number of amides is 1. The van der Waals surface area contributed by atoms with Crippen LogP contribution in [0.3, 0.4) is 0 Å². The summed E-state index contributed by atoms with van der Waals surface area (Å²) in [5.74, 6) is 1.23. The first kappa shape index (κ1) is 19.4. The number of anilines is 2. The molecule has 0 aromatic carbocycles. The molecule has 0 aliphatic carbocycles. The van der Waals surface area contributed by atoms with Crippen molar-refractivity contribution in [1.82, 2.24) is 20.2 Å². The maximum absolute atomic E-state index is 12.5. The predicted molar refractivity (Wildman–Crippen MR) is 112 cm³/mol. The monoisotopic (exact) mass is 386 g/mol. The first-order valence-electron chi connectivity index (χ1n) is 11.1. The zero-order chi connectivity index (χ0) is 19.2. The smallest absolute Gasteiger partial charge is 0.225 e. The second-order valence-electron chi connectivity index (χ2n) is 8.39. The number of piperidine rings is 2. The summed E-state index contributed by atoms with van der Waals surface area (Å²) in [7, 11) is 0. The molecule has 7 heteroatoms. The van der Waals surface area contributed by atoms with Gasteiger partial charge < -0.3 is 20.0 Å². The average molecular weight is 387 g/mol. The standard InChI is InChI=1S/C21H34N6O/c28-20(22-8-15-25-9-2-1-3-10-25)18-6-13-26(14-7-18)19-16-23-21(24-17-19)27-11-4-5-12-27/h16-18H,1-15H2,(H,22,28). The van der Waals surface area contributed by atoms with Crippen molar-refractivity contribution in [2.75, 3.05) is 62.2 Å². The van der Waals surface area contributed by atoms with Crippen LogP contribution in [0, 0.1) is 5.92 Å². The minimum absolute atomic E-state index is 0.141. The summed E-state index contributed by atoms with van der Waals surface area (Å²) in [5, 5.41) is 3.16. The molecule has 0 atom stereocenters. The minimum atomic E-state index is 0.141. The van der Waals surface area contributed by atoms with Crippen molar-refractivity contribution in [2.24, 2.45) is 5.92 Å². The van der Waals surface area contributed by atoms with E-state index >= 15 is 0 Å². The largest absolute Gasteiger partial charge is 0.369 e. The first-order chi connectivity index (χ1) is 13.8. The van der Waals surface area contributed by atoms with E-state index < -0.39 is 0 Å². The highest BCUT2D eigenvalue weighted by atomic mass is 16.1. The fraction of sp³-hybridized carbons (Fsp3) is 0.762. The molecule has 0 saturated carbocycles. The predicted octanol–water partition coefficient (Wildman–Crippen LogP) is 1.90. The van der Waals surface area contributed by atoms with E-state index in [1.165, 1.54) is 45.2 Å². The topological polar surface area (TPSA) is 64.6 Å². The average Bonchev–Trinajstić information content (AvgIpc) is 3.30. The molecule has 4 rings (SSSR count). The molecule has 3 aliphatic rings. The van der Waals surface area contributed by atoms with E-state index in [2.05, 4.69) is 30.0 Å². The third-order valence-corrected chi connectivity index (χ3v) is 6.42. The fourth-order valence-electron chi connectivity index (χ4n) is 4.62. The van der Waals surface area contributed by atoms with Gasteiger partial charge in [-0.25, -0.2) is 9.97 Å². The van der Waals surface area contributed by atoms with E-state index in [0.717, 1.165) is 63.7 Å². The van der Waals surface area contributed by atoms with Crippen LogP contribution in [0.1, 0.15) is 44.9 Å². The highest BCUT2D eigenvalue weighted by Crippen LogP contribution is 2.24. The summed E-state index contributed by atoms with van der Waals surface area (Å²) in [6.45, 7) is 8.08. The Balaban J connectivity index is 1.19. The zero-order valence-electron chi connectivity index (χ0n) is 17.0. The van der Waals surface area contributed by atoms with Crippen LogP contribution in [0.4, 0.5) is 11.6 Å². The molecule has 28 heavy (non-hydrogen) atoms. The molecular weight excluding hydrogens is 352 g/mol. The van der Waals surface area contributed by atoms with Gasteiger partial charge in [-0.05, 0) is 51.6 Å². The zero-order valence-corrected chi connectivity index (χ0v) is 17.0. The van der Waals surface area contributed by atoms with Gasteiger partial charge in [0.05, 0.1) is 18.1 Å². The Morgan fingerprint density at radius 1 is 0.893 bits per heavy atom. The van der Waals surface area contributed by atoms with Crippen LogP contribution < -0.4 is 15.1 Å². The summed E-state index contributed by atoms with van der Waals surface area (Å²) in [5.41, 5.74) is 1.08. The quantitative estimate of drug-likeness (QED) is 0.806. The molecule has 3 aliphatic heterocycles. The summed E-state index contributed by atoms with van der Waals surface area (Å²) in [6.07, 6.45) is 12.1. The van der Waals surface area contributed by atoms with Crippen molar-refractivity contribution in [2.45, 2.75) is 44.9 Å². The lowest BCUT2D eigenvalue weighted by Crippen LogP contribution is -2.43. The van der Waals surface area contributed by atoms with Gasteiger partial charge in [0.1, 0.15) is 0 Å². The molecule has 1 aromatic heterocycles. The van der Waals surface area contributed by atoms with Crippen LogP contribution >= 0.6 is 0 Å². The van der Waals surface area contributed by atoms with Crippen LogP contribution in [0.2, 0.25) is 0 Å². The van der Waals surface area contributed by atoms with Crippen LogP contribution in [0.25, 0.3) is 0 Å². The summed E-state index contributed by atoms with van der Waals surface area (Å²) in [4.78, 5) is 28.7. The van der Waals surface area contributed by atoms with Crippen LogP contribution in [0.5, 0.6) is 0 Å². The van der Waals surface area contributed by atoms with Crippen molar-refractivity contribution in [3.63, 3.8) is 0 Å². The number of nitrogens with one attached hydrogen (secondary N) is 1. The van der Waals surface area contributed by atoms with Gasteiger partial charge in [0.2, 0.25) is 11.9 Å². The van der Waals surface area contributed by atoms with Crippen molar-refractivity contribution >= 4 is 17.5 Å². The molecule has 154 valence electrons. The number of hydrogen-bond donors (Lipinski definition) is 1. The molecular formula is C21H34N6O. The Bertz CT molecular complexity index is 616. The first-order valence-corrected chi connectivity index (χ1v) is 11.1. The lowest BCUT2D eigenvalue weighted by molar-refractivity contribution is -0.125. The van der Waals surface area contributed by atoms with Gasteiger partial charge in [0.15, 0.2) is 0 Å². The molecule has 1 N–H and O–H groups in total.